The Morgan fingerprint density at radius 2 is 1.93 bits per heavy atom. The van der Waals surface area contributed by atoms with Crippen LogP contribution >= 0.6 is 23.2 Å². The van der Waals surface area contributed by atoms with Gasteiger partial charge in [0.2, 0.25) is 0 Å². The predicted octanol–water partition coefficient (Wildman–Crippen LogP) is 3.59. The van der Waals surface area contributed by atoms with E-state index >= 15 is 0 Å². The molecule has 1 aliphatic carbocycles. The van der Waals surface area contributed by atoms with E-state index in [1.807, 2.05) is 12.1 Å². The van der Waals surface area contributed by atoms with Gasteiger partial charge < -0.3 is 5.73 Å². The van der Waals surface area contributed by atoms with Crippen molar-refractivity contribution < 1.29 is 0 Å². The van der Waals surface area contributed by atoms with Crippen LogP contribution in [0.5, 0.6) is 0 Å². The minimum absolute atomic E-state index is 0.356. The van der Waals surface area contributed by atoms with Crippen LogP contribution in [0.2, 0.25) is 10.0 Å². The van der Waals surface area contributed by atoms with Gasteiger partial charge in [0.05, 0.1) is 10.0 Å². The lowest BCUT2D eigenvalue weighted by molar-refractivity contribution is 0.675. The van der Waals surface area contributed by atoms with E-state index in [2.05, 4.69) is 6.07 Å². The second-order valence-corrected chi connectivity index (χ2v) is 4.76. The smallest absolute Gasteiger partial charge is 0.0595 e. The van der Waals surface area contributed by atoms with E-state index in [4.69, 9.17) is 28.9 Å². The molecule has 1 nitrogen and oxygen atoms in total. The third-order valence-corrected chi connectivity index (χ3v) is 3.63. The summed E-state index contributed by atoms with van der Waals surface area (Å²) in [5.41, 5.74) is 7.14. The second kappa shape index (κ2) is 4.09. The Hall–Kier alpha value is -0.240. The SMILES string of the molecule is NC1CCC(c2ccc(Cl)c(Cl)c2)C1. The number of halogens is 2. The Labute approximate surface area is 94.2 Å². The van der Waals surface area contributed by atoms with Crippen LogP contribution in [0.1, 0.15) is 30.7 Å². The minimum Gasteiger partial charge on any atom is -0.328 e. The molecule has 0 aliphatic heterocycles. The maximum Gasteiger partial charge on any atom is 0.0595 e. The van der Waals surface area contributed by atoms with Gasteiger partial charge in [-0.15, -0.1) is 0 Å². The first kappa shape index (κ1) is 10.3. The van der Waals surface area contributed by atoms with Crippen molar-refractivity contribution in [2.45, 2.75) is 31.2 Å². The molecule has 0 radical (unpaired) electrons. The summed E-state index contributed by atoms with van der Waals surface area (Å²) in [6.07, 6.45) is 3.35. The van der Waals surface area contributed by atoms with Crippen LogP contribution in [0.25, 0.3) is 0 Å². The lowest BCUT2D eigenvalue weighted by Gasteiger charge is -2.10. The summed E-state index contributed by atoms with van der Waals surface area (Å²) in [5.74, 6) is 0.569. The van der Waals surface area contributed by atoms with Gasteiger partial charge in [0.1, 0.15) is 0 Å². The van der Waals surface area contributed by atoms with Gasteiger partial charge in [0.15, 0.2) is 0 Å². The highest BCUT2D eigenvalue weighted by atomic mass is 35.5. The zero-order chi connectivity index (χ0) is 10.1. The van der Waals surface area contributed by atoms with Crippen LogP contribution in [0.4, 0.5) is 0 Å². The molecule has 2 atom stereocenters. The molecule has 0 aromatic heterocycles. The fraction of sp³-hybridized carbons (Fsp3) is 0.455. The van der Waals surface area contributed by atoms with Crippen molar-refractivity contribution in [1.29, 1.82) is 0 Å². The van der Waals surface area contributed by atoms with Crippen molar-refractivity contribution in [3.63, 3.8) is 0 Å². The first-order chi connectivity index (χ1) is 6.66. The van der Waals surface area contributed by atoms with Crippen LogP contribution in [0.15, 0.2) is 18.2 Å². The summed E-state index contributed by atoms with van der Waals surface area (Å²) in [5, 5.41) is 1.27. The molecule has 1 aliphatic rings. The normalized spacial score (nSPS) is 26.8. The standard InChI is InChI=1S/C11H13Cl2N/c12-10-4-2-8(6-11(10)13)7-1-3-9(14)5-7/h2,4,6-7,9H,1,3,5,14H2. The lowest BCUT2D eigenvalue weighted by atomic mass is 9.98. The van der Waals surface area contributed by atoms with Crippen molar-refractivity contribution >= 4 is 23.2 Å². The van der Waals surface area contributed by atoms with Crippen molar-refractivity contribution in [3.8, 4) is 0 Å². The molecule has 0 amide bonds. The van der Waals surface area contributed by atoms with E-state index in [0.717, 1.165) is 12.8 Å². The molecule has 1 aromatic carbocycles. The number of rotatable bonds is 1. The molecule has 76 valence electrons. The highest BCUT2D eigenvalue weighted by Gasteiger charge is 2.23. The van der Waals surface area contributed by atoms with Crippen LogP contribution in [0, 0.1) is 0 Å². The zero-order valence-corrected chi connectivity index (χ0v) is 9.35. The fourth-order valence-electron chi connectivity index (χ4n) is 2.09. The van der Waals surface area contributed by atoms with Gasteiger partial charge in [-0.05, 0) is 42.9 Å². The molecule has 1 fully saturated rings. The Bertz CT molecular complexity index is 338. The number of nitrogens with two attached hydrogens (primary N) is 1. The Balaban J connectivity index is 2.20. The first-order valence-electron chi connectivity index (χ1n) is 4.87. The van der Waals surface area contributed by atoms with E-state index in [0.29, 0.717) is 22.0 Å². The third-order valence-electron chi connectivity index (χ3n) is 2.89. The van der Waals surface area contributed by atoms with E-state index in [1.54, 1.807) is 0 Å². The number of hydrogen-bond donors (Lipinski definition) is 1. The Kier molecular flexibility index (Phi) is 3.01. The van der Waals surface area contributed by atoms with Crippen molar-refractivity contribution in [2.24, 2.45) is 5.73 Å². The summed E-state index contributed by atoms with van der Waals surface area (Å²) in [4.78, 5) is 0. The molecule has 2 rings (SSSR count). The maximum atomic E-state index is 5.97. The van der Waals surface area contributed by atoms with Gasteiger partial charge in [-0.25, -0.2) is 0 Å². The monoisotopic (exact) mass is 229 g/mol. The molecule has 0 heterocycles. The molecular weight excluding hydrogens is 217 g/mol. The molecule has 1 saturated carbocycles. The molecule has 0 spiro atoms. The van der Waals surface area contributed by atoms with Crippen molar-refractivity contribution in [1.82, 2.24) is 0 Å². The van der Waals surface area contributed by atoms with E-state index in [9.17, 15) is 0 Å². The Morgan fingerprint density at radius 3 is 2.50 bits per heavy atom. The zero-order valence-electron chi connectivity index (χ0n) is 7.84. The van der Waals surface area contributed by atoms with Crippen LogP contribution in [-0.2, 0) is 0 Å². The summed E-state index contributed by atoms with van der Waals surface area (Å²) in [6.45, 7) is 0. The van der Waals surface area contributed by atoms with E-state index in [1.165, 1.54) is 12.0 Å². The van der Waals surface area contributed by atoms with Crippen LogP contribution in [0.3, 0.4) is 0 Å². The minimum atomic E-state index is 0.356. The van der Waals surface area contributed by atoms with Crippen molar-refractivity contribution in [2.75, 3.05) is 0 Å². The molecule has 1 aromatic rings. The first-order valence-corrected chi connectivity index (χ1v) is 5.63. The predicted molar refractivity (Wildman–Crippen MR) is 61.0 cm³/mol. The number of benzene rings is 1. The second-order valence-electron chi connectivity index (χ2n) is 3.94. The van der Waals surface area contributed by atoms with Gasteiger partial charge in [-0.2, -0.15) is 0 Å². The molecule has 14 heavy (non-hydrogen) atoms. The van der Waals surface area contributed by atoms with Gasteiger partial charge >= 0.3 is 0 Å². The molecule has 2 unspecified atom stereocenters. The molecule has 3 heteroatoms. The Morgan fingerprint density at radius 1 is 1.14 bits per heavy atom. The average molecular weight is 230 g/mol. The molecule has 0 bridgehead atoms. The van der Waals surface area contributed by atoms with Gasteiger partial charge in [-0.3, -0.25) is 0 Å². The summed E-state index contributed by atoms with van der Waals surface area (Å²) < 4.78 is 0. The topological polar surface area (TPSA) is 26.0 Å². The van der Waals surface area contributed by atoms with Gasteiger partial charge in [0.25, 0.3) is 0 Å². The van der Waals surface area contributed by atoms with Crippen LogP contribution in [-0.4, -0.2) is 6.04 Å². The average Bonchev–Trinajstić information content (AvgIpc) is 2.57. The summed E-state index contributed by atoms with van der Waals surface area (Å²) >= 11 is 11.8. The largest absolute Gasteiger partial charge is 0.328 e. The quantitative estimate of drug-likeness (QED) is 0.783. The summed E-state index contributed by atoms with van der Waals surface area (Å²) in [7, 11) is 0. The molecule has 0 saturated heterocycles. The molecule has 2 N–H and O–H groups in total. The lowest BCUT2D eigenvalue weighted by Crippen LogP contribution is -2.14. The van der Waals surface area contributed by atoms with E-state index < -0.39 is 0 Å². The number of hydrogen-bond acceptors (Lipinski definition) is 1. The summed E-state index contributed by atoms with van der Waals surface area (Å²) in [6, 6.07) is 6.24. The van der Waals surface area contributed by atoms with Gasteiger partial charge in [0, 0.05) is 6.04 Å². The molecular formula is C11H13Cl2N. The highest BCUT2D eigenvalue weighted by molar-refractivity contribution is 6.42. The highest BCUT2D eigenvalue weighted by Crippen LogP contribution is 2.35. The van der Waals surface area contributed by atoms with Crippen molar-refractivity contribution in [3.05, 3.63) is 33.8 Å². The van der Waals surface area contributed by atoms with Crippen LogP contribution < -0.4 is 5.73 Å². The van der Waals surface area contributed by atoms with Gasteiger partial charge in [-0.1, -0.05) is 29.3 Å². The fourth-order valence-corrected chi connectivity index (χ4v) is 2.39. The van der Waals surface area contributed by atoms with E-state index in [-0.39, 0.29) is 0 Å². The third kappa shape index (κ3) is 2.05. The maximum absolute atomic E-state index is 5.97.